The van der Waals surface area contributed by atoms with Crippen LogP contribution in [0.5, 0.6) is 0 Å². The monoisotopic (exact) mass is 345 g/mol. The van der Waals surface area contributed by atoms with Gasteiger partial charge in [-0.25, -0.2) is 0 Å². The summed E-state index contributed by atoms with van der Waals surface area (Å²) in [6.45, 7) is 4.66. The molecule has 0 amide bonds. The van der Waals surface area contributed by atoms with E-state index in [0.717, 1.165) is 30.4 Å². The largest absolute Gasteiger partial charge is 0.356 e. The summed E-state index contributed by atoms with van der Waals surface area (Å²) < 4.78 is 0. The fourth-order valence-corrected chi connectivity index (χ4v) is 4.19. The van der Waals surface area contributed by atoms with E-state index in [1.807, 2.05) is 12.4 Å². The first-order valence-electron chi connectivity index (χ1n) is 9.67. The summed E-state index contributed by atoms with van der Waals surface area (Å²) in [6.07, 6.45) is 8.62. The van der Waals surface area contributed by atoms with Gasteiger partial charge in [-0.3, -0.25) is 4.98 Å². The molecular weight excluding hydrogens is 318 g/mol. The maximum absolute atomic E-state index is 4.18. The Morgan fingerprint density at radius 3 is 2.62 bits per heavy atom. The molecule has 1 atom stereocenters. The summed E-state index contributed by atoms with van der Waals surface area (Å²) in [4.78, 5) is 7.93. The number of anilines is 2. The Balaban J connectivity index is 1.72. The summed E-state index contributed by atoms with van der Waals surface area (Å²) in [5.74, 6) is 1.55. The van der Waals surface area contributed by atoms with Gasteiger partial charge in [0.05, 0.1) is 11.4 Å². The average molecular weight is 345 g/mol. The van der Waals surface area contributed by atoms with Crippen molar-refractivity contribution in [2.45, 2.75) is 39.5 Å². The van der Waals surface area contributed by atoms with Crippen LogP contribution in [0.2, 0.25) is 0 Å². The molecule has 2 heterocycles. The number of benzene rings is 1. The van der Waals surface area contributed by atoms with Gasteiger partial charge in [0, 0.05) is 29.3 Å². The van der Waals surface area contributed by atoms with Crippen LogP contribution in [0.1, 0.15) is 37.9 Å². The molecule has 0 aliphatic heterocycles. The predicted molar refractivity (Wildman–Crippen MR) is 109 cm³/mol. The van der Waals surface area contributed by atoms with E-state index in [2.05, 4.69) is 71.6 Å². The smallest absolute Gasteiger partial charge is 0.0699 e. The van der Waals surface area contributed by atoms with Crippen LogP contribution in [-0.4, -0.2) is 9.97 Å². The standard InChI is InChI=1S/C23H27N3/c1-16(2)14-17-8-9-20-21(15-17)26-22(18-10-12-24-13-11-18)23(20)25-19-6-4-3-5-7-19/h3-7,10-13,16-17,25-26H,8-9,14-15H2,1-2H3. The molecule has 0 fully saturated rings. The van der Waals surface area contributed by atoms with Gasteiger partial charge in [-0.2, -0.15) is 0 Å². The SMILES string of the molecule is CC(C)CC1CCc2c([nH]c(-c3ccncc3)c2Nc2ccccc2)C1. The van der Waals surface area contributed by atoms with Crippen molar-refractivity contribution >= 4 is 11.4 Å². The zero-order chi connectivity index (χ0) is 17.9. The normalized spacial score (nSPS) is 16.5. The van der Waals surface area contributed by atoms with Crippen molar-refractivity contribution < 1.29 is 0 Å². The summed E-state index contributed by atoms with van der Waals surface area (Å²) >= 11 is 0. The molecule has 0 bridgehead atoms. The Bertz CT molecular complexity index is 850. The van der Waals surface area contributed by atoms with Crippen molar-refractivity contribution in [1.82, 2.24) is 9.97 Å². The van der Waals surface area contributed by atoms with Gasteiger partial charge in [-0.15, -0.1) is 0 Å². The minimum absolute atomic E-state index is 0.762. The Kier molecular flexibility index (Phi) is 4.79. The molecule has 4 rings (SSSR count). The van der Waals surface area contributed by atoms with E-state index in [9.17, 15) is 0 Å². The molecule has 1 aromatic carbocycles. The third-order valence-corrected chi connectivity index (χ3v) is 5.30. The maximum Gasteiger partial charge on any atom is 0.0699 e. The van der Waals surface area contributed by atoms with Crippen molar-refractivity contribution in [1.29, 1.82) is 0 Å². The number of nitrogens with zero attached hydrogens (tertiary/aromatic N) is 1. The first-order chi connectivity index (χ1) is 12.7. The fraction of sp³-hybridized carbons (Fsp3) is 0.348. The summed E-state index contributed by atoms with van der Waals surface area (Å²) in [7, 11) is 0. The molecule has 134 valence electrons. The van der Waals surface area contributed by atoms with E-state index in [1.54, 1.807) is 0 Å². The number of para-hydroxylation sites is 1. The zero-order valence-electron chi connectivity index (χ0n) is 15.6. The third-order valence-electron chi connectivity index (χ3n) is 5.30. The van der Waals surface area contributed by atoms with Crippen LogP contribution in [0.3, 0.4) is 0 Å². The highest BCUT2D eigenvalue weighted by atomic mass is 14.9. The molecule has 3 nitrogen and oxygen atoms in total. The second kappa shape index (κ2) is 7.36. The molecule has 2 aromatic heterocycles. The minimum Gasteiger partial charge on any atom is -0.356 e. The zero-order valence-corrected chi connectivity index (χ0v) is 15.6. The average Bonchev–Trinajstić information content (AvgIpc) is 3.00. The molecule has 3 heteroatoms. The van der Waals surface area contributed by atoms with E-state index in [-0.39, 0.29) is 0 Å². The number of hydrogen-bond acceptors (Lipinski definition) is 2. The lowest BCUT2D eigenvalue weighted by Crippen LogP contribution is -2.16. The topological polar surface area (TPSA) is 40.7 Å². The van der Waals surface area contributed by atoms with E-state index in [1.165, 1.54) is 41.0 Å². The molecule has 3 aromatic rings. The fourth-order valence-electron chi connectivity index (χ4n) is 4.19. The lowest BCUT2D eigenvalue weighted by atomic mass is 9.82. The van der Waals surface area contributed by atoms with E-state index >= 15 is 0 Å². The van der Waals surface area contributed by atoms with Crippen LogP contribution in [0.15, 0.2) is 54.9 Å². The number of H-pyrrole nitrogens is 1. The summed E-state index contributed by atoms with van der Waals surface area (Å²) in [5, 5.41) is 3.68. The maximum atomic E-state index is 4.18. The first kappa shape index (κ1) is 16.9. The molecule has 0 saturated heterocycles. The second-order valence-electron chi connectivity index (χ2n) is 7.80. The summed E-state index contributed by atoms with van der Waals surface area (Å²) in [6, 6.07) is 14.6. The van der Waals surface area contributed by atoms with Gasteiger partial charge in [0.25, 0.3) is 0 Å². The third kappa shape index (κ3) is 3.52. The van der Waals surface area contributed by atoms with Gasteiger partial charge in [0.1, 0.15) is 0 Å². The predicted octanol–water partition coefficient (Wildman–Crippen LogP) is 5.97. The van der Waals surface area contributed by atoms with Gasteiger partial charge in [0.15, 0.2) is 0 Å². The van der Waals surface area contributed by atoms with Gasteiger partial charge in [-0.1, -0.05) is 32.0 Å². The summed E-state index contributed by atoms with van der Waals surface area (Å²) in [5.41, 5.74) is 7.61. The van der Waals surface area contributed by atoms with E-state index < -0.39 is 0 Å². The Hall–Kier alpha value is -2.55. The van der Waals surface area contributed by atoms with Crippen molar-refractivity contribution in [2.24, 2.45) is 11.8 Å². The number of aromatic amines is 1. The number of aromatic nitrogens is 2. The highest BCUT2D eigenvalue weighted by molar-refractivity contribution is 5.82. The van der Waals surface area contributed by atoms with Crippen LogP contribution in [0, 0.1) is 11.8 Å². The van der Waals surface area contributed by atoms with Crippen molar-refractivity contribution in [3.05, 3.63) is 66.1 Å². The molecule has 1 aliphatic carbocycles. The Labute approximate surface area is 155 Å². The quantitative estimate of drug-likeness (QED) is 0.598. The molecule has 0 spiro atoms. The van der Waals surface area contributed by atoms with Crippen LogP contribution in [-0.2, 0) is 12.8 Å². The Morgan fingerprint density at radius 2 is 1.88 bits per heavy atom. The lowest BCUT2D eigenvalue weighted by Gasteiger charge is -2.24. The molecule has 0 radical (unpaired) electrons. The second-order valence-corrected chi connectivity index (χ2v) is 7.80. The number of rotatable bonds is 5. The van der Waals surface area contributed by atoms with Crippen molar-refractivity contribution in [3.8, 4) is 11.3 Å². The van der Waals surface area contributed by atoms with Gasteiger partial charge in [0.2, 0.25) is 0 Å². The van der Waals surface area contributed by atoms with Crippen LogP contribution in [0.4, 0.5) is 11.4 Å². The molecule has 1 aliphatic rings. The van der Waals surface area contributed by atoms with Crippen LogP contribution in [0.25, 0.3) is 11.3 Å². The van der Waals surface area contributed by atoms with Gasteiger partial charge in [-0.05, 0) is 67.3 Å². The highest BCUT2D eigenvalue weighted by Crippen LogP contribution is 2.40. The molecular formula is C23H27N3. The Morgan fingerprint density at radius 1 is 1.12 bits per heavy atom. The minimum atomic E-state index is 0.762. The molecule has 0 saturated carbocycles. The van der Waals surface area contributed by atoms with Crippen molar-refractivity contribution in [3.63, 3.8) is 0 Å². The molecule has 26 heavy (non-hydrogen) atoms. The highest BCUT2D eigenvalue weighted by Gasteiger charge is 2.26. The van der Waals surface area contributed by atoms with E-state index in [0.29, 0.717) is 0 Å². The van der Waals surface area contributed by atoms with Crippen LogP contribution >= 0.6 is 0 Å². The lowest BCUT2D eigenvalue weighted by molar-refractivity contribution is 0.368. The van der Waals surface area contributed by atoms with Crippen molar-refractivity contribution in [2.75, 3.05) is 5.32 Å². The number of hydrogen-bond donors (Lipinski definition) is 2. The molecule has 2 N–H and O–H groups in total. The molecule has 1 unspecified atom stereocenters. The van der Waals surface area contributed by atoms with Crippen LogP contribution < -0.4 is 5.32 Å². The first-order valence-corrected chi connectivity index (χ1v) is 9.67. The van der Waals surface area contributed by atoms with Gasteiger partial charge < -0.3 is 10.3 Å². The number of nitrogens with one attached hydrogen (secondary N) is 2. The van der Waals surface area contributed by atoms with Gasteiger partial charge >= 0.3 is 0 Å². The number of fused-ring (bicyclic) bond motifs is 1. The van der Waals surface area contributed by atoms with E-state index in [4.69, 9.17) is 0 Å². The number of pyridine rings is 1.